The van der Waals surface area contributed by atoms with E-state index in [0.717, 1.165) is 28.6 Å². The van der Waals surface area contributed by atoms with Crippen LogP contribution >= 0.6 is 15.9 Å². The van der Waals surface area contributed by atoms with Crippen LogP contribution in [-0.4, -0.2) is 17.6 Å². The van der Waals surface area contributed by atoms with Crippen molar-refractivity contribution in [1.82, 2.24) is 0 Å². The van der Waals surface area contributed by atoms with Gasteiger partial charge in [0, 0.05) is 16.6 Å². The minimum Gasteiger partial charge on any atom is -0.372 e. The Morgan fingerprint density at radius 3 is 2.52 bits per heavy atom. The second-order valence-electron chi connectivity index (χ2n) is 6.05. The lowest BCUT2D eigenvalue weighted by Crippen LogP contribution is -2.41. The molecule has 2 aromatic carbocycles. The van der Waals surface area contributed by atoms with Gasteiger partial charge < -0.3 is 10.0 Å². The average Bonchev–Trinajstić information content (AvgIpc) is 2.75. The Labute approximate surface area is 145 Å². The van der Waals surface area contributed by atoms with Gasteiger partial charge in [-0.25, -0.2) is 0 Å². The van der Waals surface area contributed by atoms with E-state index in [-0.39, 0.29) is 5.91 Å². The highest BCUT2D eigenvalue weighted by molar-refractivity contribution is 9.10. The Balaban J connectivity index is 2.15. The predicted molar refractivity (Wildman–Crippen MR) is 95.6 cm³/mol. The molecular formula is C19H20BrNO2. The SMILES string of the molecule is CCCCN1C(=O)[C@@](O)(c2ccc(C)cc2)c2cc(Br)ccc21. The quantitative estimate of drug-likeness (QED) is 0.874. The van der Waals surface area contributed by atoms with E-state index in [9.17, 15) is 9.90 Å². The summed E-state index contributed by atoms with van der Waals surface area (Å²) in [4.78, 5) is 14.8. The number of benzene rings is 2. The van der Waals surface area contributed by atoms with Crippen molar-refractivity contribution in [2.75, 3.05) is 11.4 Å². The Morgan fingerprint density at radius 2 is 1.87 bits per heavy atom. The van der Waals surface area contributed by atoms with Crippen molar-refractivity contribution >= 4 is 27.5 Å². The number of fused-ring (bicyclic) bond motifs is 1. The fraction of sp³-hybridized carbons (Fsp3) is 0.316. The molecule has 0 radical (unpaired) electrons. The Hall–Kier alpha value is -1.65. The van der Waals surface area contributed by atoms with Crippen molar-refractivity contribution in [3.05, 3.63) is 63.6 Å². The number of halogens is 1. The second-order valence-corrected chi connectivity index (χ2v) is 6.96. The molecule has 0 fully saturated rings. The zero-order chi connectivity index (χ0) is 16.6. The number of amides is 1. The number of unbranched alkanes of at least 4 members (excludes halogenated alkanes) is 1. The van der Waals surface area contributed by atoms with Gasteiger partial charge in [0.2, 0.25) is 0 Å². The number of rotatable bonds is 4. The van der Waals surface area contributed by atoms with Gasteiger partial charge in [-0.05, 0) is 37.1 Å². The summed E-state index contributed by atoms with van der Waals surface area (Å²) in [6.45, 7) is 4.70. The number of aliphatic hydroxyl groups is 1. The molecule has 0 aromatic heterocycles. The van der Waals surface area contributed by atoms with Gasteiger partial charge >= 0.3 is 0 Å². The van der Waals surface area contributed by atoms with Crippen molar-refractivity contribution in [2.45, 2.75) is 32.3 Å². The molecule has 0 spiro atoms. The maximum Gasteiger partial charge on any atom is 0.268 e. The lowest BCUT2D eigenvalue weighted by molar-refractivity contribution is -0.132. The first-order chi connectivity index (χ1) is 11.0. The molecule has 0 unspecified atom stereocenters. The van der Waals surface area contributed by atoms with Crippen molar-refractivity contribution in [1.29, 1.82) is 0 Å². The van der Waals surface area contributed by atoms with E-state index < -0.39 is 5.60 Å². The molecule has 3 rings (SSSR count). The Morgan fingerprint density at radius 1 is 1.17 bits per heavy atom. The molecule has 0 aliphatic carbocycles. The second kappa shape index (κ2) is 6.10. The van der Waals surface area contributed by atoms with Crippen molar-refractivity contribution in [3.63, 3.8) is 0 Å². The van der Waals surface area contributed by atoms with Gasteiger partial charge in [-0.1, -0.05) is 59.1 Å². The number of hydrogen-bond acceptors (Lipinski definition) is 2. The van der Waals surface area contributed by atoms with Crippen LogP contribution in [0.15, 0.2) is 46.9 Å². The van der Waals surface area contributed by atoms with Crippen LogP contribution in [0.4, 0.5) is 5.69 Å². The van der Waals surface area contributed by atoms with Crippen molar-refractivity contribution < 1.29 is 9.90 Å². The third-order valence-corrected chi connectivity index (χ3v) is 4.89. The van der Waals surface area contributed by atoms with Crippen LogP contribution in [0, 0.1) is 6.92 Å². The van der Waals surface area contributed by atoms with Crippen LogP contribution in [0.1, 0.15) is 36.5 Å². The standard InChI is InChI=1S/C19H20BrNO2/c1-3-4-11-21-17-10-9-15(20)12-16(17)19(23,18(21)22)14-7-5-13(2)6-8-14/h5-10,12,23H,3-4,11H2,1-2H3/t19-/m1/s1. The molecule has 1 aliphatic rings. The van der Waals surface area contributed by atoms with E-state index >= 15 is 0 Å². The molecule has 0 saturated carbocycles. The fourth-order valence-electron chi connectivity index (χ4n) is 3.07. The van der Waals surface area contributed by atoms with Gasteiger partial charge in [0.05, 0.1) is 5.69 Å². The van der Waals surface area contributed by atoms with E-state index in [4.69, 9.17) is 0 Å². The normalized spacial score (nSPS) is 20.0. The molecule has 1 heterocycles. The number of carbonyl (C=O) groups is 1. The van der Waals surface area contributed by atoms with Crippen molar-refractivity contribution in [3.8, 4) is 0 Å². The zero-order valence-corrected chi connectivity index (χ0v) is 14.9. The monoisotopic (exact) mass is 373 g/mol. The summed E-state index contributed by atoms with van der Waals surface area (Å²) in [5.74, 6) is -0.261. The summed E-state index contributed by atoms with van der Waals surface area (Å²) < 4.78 is 0.854. The first-order valence-corrected chi connectivity index (χ1v) is 8.69. The zero-order valence-electron chi connectivity index (χ0n) is 13.3. The fourth-order valence-corrected chi connectivity index (χ4v) is 3.43. The highest BCUT2D eigenvalue weighted by Gasteiger charge is 2.50. The summed E-state index contributed by atoms with van der Waals surface area (Å²) in [7, 11) is 0. The smallest absolute Gasteiger partial charge is 0.268 e. The number of hydrogen-bond donors (Lipinski definition) is 1. The third kappa shape index (κ3) is 2.60. The molecule has 23 heavy (non-hydrogen) atoms. The summed E-state index contributed by atoms with van der Waals surface area (Å²) in [6, 6.07) is 13.2. The minimum atomic E-state index is -1.61. The average molecular weight is 374 g/mol. The van der Waals surface area contributed by atoms with E-state index in [1.54, 1.807) is 4.90 Å². The largest absolute Gasteiger partial charge is 0.372 e. The van der Waals surface area contributed by atoms with Gasteiger partial charge in [0.15, 0.2) is 5.60 Å². The van der Waals surface area contributed by atoms with E-state index in [1.165, 1.54) is 0 Å². The van der Waals surface area contributed by atoms with E-state index in [2.05, 4.69) is 22.9 Å². The highest BCUT2D eigenvalue weighted by Crippen LogP contribution is 2.45. The van der Waals surface area contributed by atoms with Crippen LogP contribution < -0.4 is 4.90 Å². The molecule has 0 saturated heterocycles. The van der Waals surface area contributed by atoms with Gasteiger partial charge in [0.1, 0.15) is 0 Å². The van der Waals surface area contributed by atoms with Crippen molar-refractivity contribution in [2.24, 2.45) is 0 Å². The van der Waals surface area contributed by atoms with Gasteiger partial charge in [-0.15, -0.1) is 0 Å². The molecule has 0 bridgehead atoms. The predicted octanol–water partition coefficient (Wildman–Crippen LogP) is 4.14. The van der Waals surface area contributed by atoms with E-state index in [1.807, 2.05) is 49.4 Å². The lowest BCUT2D eigenvalue weighted by atomic mass is 9.87. The highest BCUT2D eigenvalue weighted by atomic mass is 79.9. The first-order valence-electron chi connectivity index (χ1n) is 7.90. The first kappa shape index (κ1) is 16.2. The number of nitrogens with zero attached hydrogens (tertiary/aromatic N) is 1. The molecule has 2 aromatic rings. The van der Waals surface area contributed by atoms with Gasteiger partial charge in [-0.2, -0.15) is 0 Å². The molecule has 3 nitrogen and oxygen atoms in total. The summed E-state index contributed by atoms with van der Waals surface area (Å²) in [5, 5.41) is 11.4. The number of carbonyl (C=O) groups excluding carboxylic acids is 1. The minimum absolute atomic E-state index is 0.261. The van der Waals surface area contributed by atoms with Crippen LogP contribution in [0.3, 0.4) is 0 Å². The Bertz CT molecular complexity index is 742. The van der Waals surface area contributed by atoms with Crippen LogP contribution in [-0.2, 0) is 10.4 Å². The van der Waals surface area contributed by atoms with Crippen LogP contribution in [0.2, 0.25) is 0 Å². The number of aryl methyl sites for hydroxylation is 1. The molecule has 4 heteroatoms. The molecule has 1 aliphatic heterocycles. The maximum absolute atomic E-state index is 13.0. The molecule has 1 amide bonds. The molecule has 1 N–H and O–H groups in total. The van der Waals surface area contributed by atoms with Crippen LogP contribution in [0.5, 0.6) is 0 Å². The summed E-state index contributed by atoms with van der Waals surface area (Å²) in [5.41, 5.74) is 1.55. The molecule has 1 atom stereocenters. The Kier molecular flexibility index (Phi) is 4.30. The molecular weight excluding hydrogens is 354 g/mol. The van der Waals surface area contributed by atoms with Gasteiger partial charge in [0.25, 0.3) is 5.91 Å². The lowest BCUT2D eigenvalue weighted by Gasteiger charge is -2.24. The third-order valence-electron chi connectivity index (χ3n) is 4.40. The summed E-state index contributed by atoms with van der Waals surface area (Å²) in [6.07, 6.45) is 1.91. The summed E-state index contributed by atoms with van der Waals surface area (Å²) >= 11 is 3.45. The number of anilines is 1. The van der Waals surface area contributed by atoms with Gasteiger partial charge in [-0.3, -0.25) is 4.79 Å². The van der Waals surface area contributed by atoms with Crippen LogP contribution in [0.25, 0.3) is 0 Å². The molecule has 120 valence electrons. The van der Waals surface area contributed by atoms with E-state index in [0.29, 0.717) is 17.7 Å². The maximum atomic E-state index is 13.0. The topological polar surface area (TPSA) is 40.5 Å².